The van der Waals surface area contributed by atoms with Crippen LogP contribution in [-0.4, -0.2) is 5.11 Å². The van der Waals surface area contributed by atoms with Crippen molar-refractivity contribution in [1.82, 2.24) is 0 Å². The maximum Gasteiger partial charge on any atom is 0.131 e. The fourth-order valence-corrected chi connectivity index (χ4v) is 1.57. The van der Waals surface area contributed by atoms with E-state index in [1.54, 1.807) is 36.4 Å². The van der Waals surface area contributed by atoms with Gasteiger partial charge in [0, 0.05) is 11.3 Å². The van der Waals surface area contributed by atoms with Gasteiger partial charge in [0.05, 0.1) is 6.61 Å². The summed E-state index contributed by atoms with van der Waals surface area (Å²) >= 11 is 0. The standard InChI is InChI=1S/C14H14FNO2/c15-13-2-1-3-14(16)12(13)9-18-11-6-4-10(8-17)5-7-11/h1-7,17H,8-9,16H2. The van der Waals surface area contributed by atoms with E-state index in [0.717, 1.165) is 5.56 Å². The number of hydrogen-bond acceptors (Lipinski definition) is 3. The van der Waals surface area contributed by atoms with Crippen LogP contribution in [0.4, 0.5) is 10.1 Å². The van der Waals surface area contributed by atoms with Gasteiger partial charge >= 0.3 is 0 Å². The Morgan fingerprint density at radius 2 is 1.83 bits per heavy atom. The molecule has 0 aliphatic heterocycles. The van der Waals surface area contributed by atoms with Crippen LogP contribution in [0.25, 0.3) is 0 Å². The molecular weight excluding hydrogens is 233 g/mol. The van der Waals surface area contributed by atoms with Crippen molar-refractivity contribution >= 4 is 5.69 Å². The molecule has 0 bridgehead atoms. The molecule has 0 saturated heterocycles. The minimum atomic E-state index is -0.373. The predicted molar refractivity (Wildman–Crippen MR) is 67.5 cm³/mol. The Morgan fingerprint density at radius 1 is 1.11 bits per heavy atom. The van der Waals surface area contributed by atoms with E-state index in [0.29, 0.717) is 17.0 Å². The number of hydrogen-bond donors (Lipinski definition) is 2. The van der Waals surface area contributed by atoms with Gasteiger partial charge in [0.2, 0.25) is 0 Å². The van der Waals surface area contributed by atoms with Crippen molar-refractivity contribution in [2.45, 2.75) is 13.2 Å². The fraction of sp³-hybridized carbons (Fsp3) is 0.143. The minimum Gasteiger partial charge on any atom is -0.489 e. The van der Waals surface area contributed by atoms with Crippen LogP contribution < -0.4 is 10.5 Å². The highest BCUT2D eigenvalue weighted by Crippen LogP contribution is 2.19. The molecule has 0 atom stereocenters. The number of halogens is 1. The summed E-state index contributed by atoms with van der Waals surface area (Å²) in [5.41, 5.74) is 7.20. The van der Waals surface area contributed by atoms with Crippen LogP contribution in [0.1, 0.15) is 11.1 Å². The first-order valence-corrected chi connectivity index (χ1v) is 5.56. The second kappa shape index (κ2) is 5.51. The maximum atomic E-state index is 13.5. The largest absolute Gasteiger partial charge is 0.489 e. The number of ether oxygens (including phenoxy) is 1. The van der Waals surface area contributed by atoms with Gasteiger partial charge in [-0.3, -0.25) is 0 Å². The third-order valence-corrected chi connectivity index (χ3v) is 2.64. The first kappa shape index (κ1) is 12.4. The lowest BCUT2D eigenvalue weighted by atomic mass is 10.2. The predicted octanol–water partition coefficient (Wildman–Crippen LogP) is 2.48. The molecule has 0 radical (unpaired) electrons. The highest BCUT2D eigenvalue weighted by atomic mass is 19.1. The molecule has 2 rings (SSSR count). The molecule has 0 saturated carbocycles. The third kappa shape index (κ3) is 2.78. The molecule has 2 aromatic carbocycles. The summed E-state index contributed by atoms with van der Waals surface area (Å²) in [6.07, 6.45) is 0. The Kier molecular flexibility index (Phi) is 3.79. The zero-order valence-electron chi connectivity index (χ0n) is 9.77. The van der Waals surface area contributed by atoms with Gasteiger partial charge in [0.1, 0.15) is 18.2 Å². The highest BCUT2D eigenvalue weighted by Gasteiger charge is 2.06. The molecule has 0 amide bonds. The Labute approximate surface area is 105 Å². The monoisotopic (exact) mass is 247 g/mol. The van der Waals surface area contributed by atoms with Crippen LogP contribution >= 0.6 is 0 Å². The number of anilines is 1. The molecule has 0 heterocycles. The average Bonchev–Trinajstić information content (AvgIpc) is 2.39. The molecule has 94 valence electrons. The topological polar surface area (TPSA) is 55.5 Å². The lowest BCUT2D eigenvalue weighted by Crippen LogP contribution is -2.03. The summed E-state index contributed by atoms with van der Waals surface area (Å²) in [7, 11) is 0. The van der Waals surface area contributed by atoms with Crippen molar-refractivity contribution in [3.63, 3.8) is 0 Å². The van der Waals surface area contributed by atoms with Gasteiger partial charge in [-0.25, -0.2) is 4.39 Å². The lowest BCUT2D eigenvalue weighted by Gasteiger charge is -2.09. The van der Waals surface area contributed by atoms with E-state index in [4.69, 9.17) is 15.6 Å². The number of aliphatic hydroxyl groups is 1. The van der Waals surface area contributed by atoms with Crippen molar-refractivity contribution in [3.8, 4) is 5.75 Å². The van der Waals surface area contributed by atoms with E-state index in [2.05, 4.69) is 0 Å². The smallest absolute Gasteiger partial charge is 0.131 e. The molecule has 0 aliphatic carbocycles. The number of nitrogen functional groups attached to an aromatic ring is 1. The van der Waals surface area contributed by atoms with Crippen LogP contribution in [0.5, 0.6) is 5.75 Å². The second-order valence-corrected chi connectivity index (χ2v) is 3.90. The number of rotatable bonds is 4. The molecule has 18 heavy (non-hydrogen) atoms. The van der Waals surface area contributed by atoms with E-state index >= 15 is 0 Å². The van der Waals surface area contributed by atoms with E-state index < -0.39 is 0 Å². The van der Waals surface area contributed by atoms with Crippen molar-refractivity contribution < 1.29 is 14.2 Å². The molecule has 4 heteroatoms. The quantitative estimate of drug-likeness (QED) is 0.816. The van der Waals surface area contributed by atoms with Crippen molar-refractivity contribution in [3.05, 3.63) is 59.4 Å². The molecule has 0 unspecified atom stereocenters. The van der Waals surface area contributed by atoms with Gasteiger partial charge in [-0.2, -0.15) is 0 Å². The van der Waals surface area contributed by atoms with Gasteiger partial charge in [-0.1, -0.05) is 18.2 Å². The fourth-order valence-electron chi connectivity index (χ4n) is 1.57. The number of nitrogens with two attached hydrogens (primary N) is 1. The van der Waals surface area contributed by atoms with E-state index in [1.165, 1.54) is 6.07 Å². The third-order valence-electron chi connectivity index (χ3n) is 2.64. The maximum absolute atomic E-state index is 13.5. The van der Waals surface area contributed by atoms with Crippen LogP contribution in [-0.2, 0) is 13.2 Å². The van der Waals surface area contributed by atoms with Crippen LogP contribution in [0, 0.1) is 5.82 Å². The van der Waals surface area contributed by atoms with Gasteiger partial charge < -0.3 is 15.6 Å². The lowest BCUT2D eigenvalue weighted by molar-refractivity contribution is 0.280. The summed E-state index contributed by atoms with van der Waals surface area (Å²) in [5, 5.41) is 8.90. The number of aliphatic hydroxyl groups excluding tert-OH is 1. The molecule has 0 aromatic heterocycles. The second-order valence-electron chi connectivity index (χ2n) is 3.90. The number of benzene rings is 2. The first-order valence-electron chi connectivity index (χ1n) is 5.56. The average molecular weight is 247 g/mol. The first-order chi connectivity index (χ1) is 8.70. The SMILES string of the molecule is Nc1cccc(F)c1COc1ccc(CO)cc1. The van der Waals surface area contributed by atoms with Crippen molar-refractivity contribution in [2.24, 2.45) is 0 Å². The van der Waals surface area contributed by atoms with Crippen LogP contribution in [0.2, 0.25) is 0 Å². The van der Waals surface area contributed by atoms with Gasteiger partial charge in [0.15, 0.2) is 0 Å². The highest BCUT2D eigenvalue weighted by molar-refractivity contribution is 5.47. The zero-order chi connectivity index (χ0) is 13.0. The Morgan fingerprint density at radius 3 is 2.44 bits per heavy atom. The van der Waals surface area contributed by atoms with Crippen molar-refractivity contribution in [2.75, 3.05) is 5.73 Å². The van der Waals surface area contributed by atoms with Gasteiger partial charge in [-0.05, 0) is 29.8 Å². The molecule has 2 aromatic rings. The van der Waals surface area contributed by atoms with Crippen LogP contribution in [0.15, 0.2) is 42.5 Å². The molecule has 0 aliphatic rings. The van der Waals surface area contributed by atoms with Crippen LogP contribution in [0.3, 0.4) is 0 Å². The van der Waals surface area contributed by atoms with E-state index in [1.807, 2.05) is 0 Å². The Bertz CT molecular complexity index is 506. The molecular formula is C14H14FNO2. The summed E-state index contributed by atoms with van der Waals surface area (Å²) in [5.74, 6) is 0.233. The normalized spacial score (nSPS) is 10.3. The van der Waals surface area contributed by atoms with E-state index in [-0.39, 0.29) is 19.0 Å². The zero-order valence-corrected chi connectivity index (χ0v) is 9.77. The summed E-state index contributed by atoms with van der Waals surface area (Å²) in [6, 6.07) is 11.5. The van der Waals surface area contributed by atoms with Crippen molar-refractivity contribution in [1.29, 1.82) is 0 Å². The van der Waals surface area contributed by atoms with Gasteiger partial charge in [-0.15, -0.1) is 0 Å². The molecule has 0 fully saturated rings. The van der Waals surface area contributed by atoms with Gasteiger partial charge in [0.25, 0.3) is 0 Å². The molecule has 0 spiro atoms. The molecule has 3 nitrogen and oxygen atoms in total. The Balaban J connectivity index is 2.06. The summed E-state index contributed by atoms with van der Waals surface area (Å²) in [4.78, 5) is 0. The Hall–Kier alpha value is -2.07. The minimum absolute atomic E-state index is 0.0134. The summed E-state index contributed by atoms with van der Waals surface area (Å²) < 4.78 is 18.9. The van der Waals surface area contributed by atoms with E-state index in [9.17, 15) is 4.39 Å². The molecule has 3 N–H and O–H groups in total. The summed E-state index contributed by atoms with van der Waals surface area (Å²) in [6.45, 7) is 0.0670.